The quantitative estimate of drug-likeness (QED) is 0.697. The molecular formula is C14H23NO3. The molecule has 0 aliphatic carbocycles. The summed E-state index contributed by atoms with van der Waals surface area (Å²) in [4.78, 5) is 0. The Kier molecular flexibility index (Phi) is 6.54. The Balaban J connectivity index is 2.69. The van der Waals surface area contributed by atoms with Crippen molar-refractivity contribution in [2.24, 2.45) is 0 Å². The van der Waals surface area contributed by atoms with Crippen LogP contribution < -0.4 is 14.8 Å². The second-order valence-corrected chi connectivity index (χ2v) is 4.20. The lowest BCUT2D eigenvalue weighted by molar-refractivity contribution is 0.159. The van der Waals surface area contributed by atoms with Crippen molar-refractivity contribution in [1.82, 2.24) is 5.32 Å². The average Bonchev–Trinajstić information content (AvgIpc) is 2.42. The highest BCUT2D eigenvalue weighted by molar-refractivity contribution is 5.47. The minimum absolute atomic E-state index is 0.507. The lowest BCUT2D eigenvalue weighted by Gasteiger charge is -2.17. The van der Waals surface area contributed by atoms with Gasteiger partial charge < -0.3 is 19.9 Å². The predicted molar refractivity (Wildman–Crippen MR) is 72.3 cm³/mol. The largest absolute Gasteiger partial charge is 0.493 e. The van der Waals surface area contributed by atoms with Crippen molar-refractivity contribution >= 4 is 0 Å². The molecule has 0 amide bonds. The number of aliphatic hydroxyl groups excluding tert-OH is 1. The summed E-state index contributed by atoms with van der Waals surface area (Å²) in [5, 5.41) is 13.3. The molecule has 1 atom stereocenters. The average molecular weight is 253 g/mol. The van der Waals surface area contributed by atoms with Crippen molar-refractivity contribution in [2.45, 2.75) is 25.4 Å². The Bertz CT molecular complexity index is 355. The van der Waals surface area contributed by atoms with E-state index in [0.29, 0.717) is 11.5 Å². The predicted octanol–water partition coefficient (Wildman–Crippen LogP) is 2.13. The summed E-state index contributed by atoms with van der Waals surface area (Å²) in [6.07, 6.45) is 2.25. The number of benzene rings is 1. The van der Waals surface area contributed by atoms with Crippen molar-refractivity contribution < 1.29 is 14.6 Å². The fourth-order valence-electron chi connectivity index (χ4n) is 1.97. The smallest absolute Gasteiger partial charge is 0.166 e. The van der Waals surface area contributed by atoms with Crippen LogP contribution in [-0.4, -0.2) is 32.9 Å². The molecule has 0 radical (unpaired) electrons. The minimum atomic E-state index is -0.507. The van der Waals surface area contributed by atoms with Crippen LogP contribution in [0.3, 0.4) is 0 Å². The lowest BCUT2D eigenvalue weighted by Crippen LogP contribution is -2.08. The van der Waals surface area contributed by atoms with Gasteiger partial charge in [-0.15, -0.1) is 0 Å². The minimum Gasteiger partial charge on any atom is -0.493 e. The lowest BCUT2D eigenvalue weighted by atomic mass is 10.0. The van der Waals surface area contributed by atoms with Gasteiger partial charge >= 0.3 is 0 Å². The van der Waals surface area contributed by atoms with E-state index >= 15 is 0 Å². The topological polar surface area (TPSA) is 50.7 Å². The van der Waals surface area contributed by atoms with Crippen molar-refractivity contribution in [3.63, 3.8) is 0 Å². The number of nitrogens with one attached hydrogen (secondary N) is 1. The standard InChI is InChI=1S/C14H23NO3/c1-15-10-5-4-8-12(16)11-7-6-9-13(17-2)14(11)18-3/h6-7,9,12,15-16H,4-5,8,10H2,1-3H3. The maximum absolute atomic E-state index is 10.2. The third-order valence-electron chi connectivity index (χ3n) is 2.95. The Hall–Kier alpha value is -1.26. The van der Waals surface area contributed by atoms with E-state index in [1.165, 1.54) is 0 Å². The van der Waals surface area contributed by atoms with Crippen LogP contribution in [0.5, 0.6) is 11.5 Å². The molecule has 4 heteroatoms. The summed E-state index contributed by atoms with van der Waals surface area (Å²) in [6, 6.07) is 5.58. The molecular weight excluding hydrogens is 230 g/mol. The molecule has 0 aliphatic heterocycles. The van der Waals surface area contributed by atoms with Crippen LogP contribution in [0, 0.1) is 0 Å². The van der Waals surface area contributed by atoms with E-state index in [0.717, 1.165) is 31.4 Å². The molecule has 1 rings (SSSR count). The Morgan fingerprint density at radius 3 is 2.61 bits per heavy atom. The first-order chi connectivity index (χ1) is 8.74. The van der Waals surface area contributed by atoms with Gasteiger partial charge in [-0.25, -0.2) is 0 Å². The van der Waals surface area contributed by atoms with Gasteiger partial charge in [0.05, 0.1) is 20.3 Å². The maximum Gasteiger partial charge on any atom is 0.166 e. The zero-order valence-corrected chi connectivity index (χ0v) is 11.4. The van der Waals surface area contributed by atoms with Crippen molar-refractivity contribution in [2.75, 3.05) is 27.8 Å². The molecule has 4 nitrogen and oxygen atoms in total. The molecule has 1 aromatic rings. The van der Waals surface area contributed by atoms with E-state index in [1.54, 1.807) is 14.2 Å². The second kappa shape index (κ2) is 7.95. The van der Waals surface area contributed by atoms with Crippen molar-refractivity contribution in [1.29, 1.82) is 0 Å². The molecule has 0 aliphatic rings. The first-order valence-corrected chi connectivity index (χ1v) is 6.28. The van der Waals surface area contributed by atoms with Gasteiger partial charge in [0.25, 0.3) is 0 Å². The van der Waals surface area contributed by atoms with Gasteiger partial charge in [-0.1, -0.05) is 12.1 Å². The molecule has 0 fully saturated rings. The number of methoxy groups -OCH3 is 2. The van der Waals surface area contributed by atoms with Crippen LogP contribution >= 0.6 is 0 Å². The fourth-order valence-corrected chi connectivity index (χ4v) is 1.97. The van der Waals surface area contributed by atoms with Crippen LogP contribution in [-0.2, 0) is 0 Å². The Morgan fingerprint density at radius 2 is 2.00 bits per heavy atom. The third-order valence-corrected chi connectivity index (χ3v) is 2.95. The van der Waals surface area contributed by atoms with Gasteiger partial charge in [-0.3, -0.25) is 0 Å². The third kappa shape index (κ3) is 3.89. The first kappa shape index (κ1) is 14.8. The van der Waals surface area contributed by atoms with Crippen LogP contribution in [0.1, 0.15) is 30.9 Å². The number of hydrogen-bond donors (Lipinski definition) is 2. The second-order valence-electron chi connectivity index (χ2n) is 4.20. The summed E-state index contributed by atoms with van der Waals surface area (Å²) < 4.78 is 10.5. The highest BCUT2D eigenvalue weighted by atomic mass is 16.5. The molecule has 18 heavy (non-hydrogen) atoms. The molecule has 1 unspecified atom stereocenters. The van der Waals surface area contributed by atoms with Crippen LogP contribution in [0.2, 0.25) is 0 Å². The summed E-state index contributed by atoms with van der Waals surface area (Å²) in [5.74, 6) is 1.28. The first-order valence-electron chi connectivity index (χ1n) is 6.28. The molecule has 0 saturated heterocycles. The van der Waals surface area contributed by atoms with Gasteiger partial charge in [0.2, 0.25) is 0 Å². The van der Waals surface area contributed by atoms with E-state index in [9.17, 15) is 5.11 Å². The monoisotopic (exact) mass is 253 g/mol. The van der Waals surface area contributed by atoms with E-state index < -0.39 is 6.10 Å². The van der Waals surface area contributed by atoms with E-state index in [4.69, 9.17) is 9.47 Å². The SMILES string of the molecule is CNCCCCC(O)c1cccc(OC)c1OC. The number of unbranched alkanes of at least 4 members (excludes halogenated alkanes) is 1. The van der Waals surface area contributed by atoms with E-state index in [2.05, 4.69) is 5.32 Å². The molecule has 0 bridgehead atoms. The van der Waals surface area contributed by atoms with E-state index in [-0.39, 0.29) is 0 Å². The zero-order valence-electron chi connectivity index (χ0n) is 11.4. The van der Waals surface area contributed by atoms with Gasteiger partial charge in [0.1, 0.15) is 0 Å². The van der Waals surface area contributed by atoms with Gasteiger partial charge in [0, 0.05) is 5.56 Å². The number of hydrogen-bond acceptors (Lipinski definition) is 4. The van der Waals surface area contributed by atoms with Gasteiger partial charge in [0.15, 0.2) is 11.5 Å². The Labute approximate surface area is 109 Å². The number of ether oxygens (including phenoxy) is 2. The number of para-hydroxylation sites is 1. The summed E-state index contributed by atoms with van der Waals surface area (Å²) in [5.41, 5.74) is 0.793. The zero-order chi connectivity index (χ0) is 13.4. The fraction of sp³-hybridized carbons (Fsp3) is 0.571. The number of aliphatic hydroxyl groups is 1. The molecule has 2 N–H and O–H groups in total. The van der Waals surface area contributed by atoms with Crippen LogP contribution in [0.4, 0.5) is 0 Å². The van der Waals surface area contributed by atoms with Crippen molar-refractivity contribution in [3.05, 3.63) is 23.8 Å². The maximum atomic E-state index is 10.2. The number of rotatable bonds is 8. The molecule has 1 aromatic carbocycles. The Morgan fingerprint density at radius 1 is 1.22 bits per heavy atom. The summed E-state index contributed by atoms with van der Waals surface area (Å²) >= 11 is 0. The molecule has 0 heterocycles. The van der Waals surface area contributed by atoms with Gasteiger partial charge in [-0.05, 0) is 38.9 Å². The molecule has 0 aromatic heterocycles. The van der Waals surface area contributed by atoms with Crippen LogP contribution in [0.15, 0.2) is 18.2 Å². The molecule has 102 valence electrons. The highest BCUT2D eigenvalue weighted by Crippen LogP contribution is 2.36. The highest BCUT2D eigenvalue weighted by Gasteiger charge is 2.16. The molecule has 0 saturated carbocycles. The molecule has 0 spiro atoms. The summed E-state index contributed by atoms with van der Waals surface area (Å²) in [6.45, 7) is 0.974. The summed E-state index contributed by atoms with van der Waals surface area (Å²) in [7, 11) is 5.12. The normalized spacial score (nSPS) is 12.2. The van der Waals surface area contributed by atoms with Crippen LogP contribution in [0.25, 0.3) is 0 Å². The van der Waals surface area contributed by atoms with Gasteiger partial charge in [-0.2, -0.15) is 0 Å². The van der Waals surface area contributed by atoms with Crippen molar-refractivity contribution in [3.8, 4) is 11.5 Å². The van der Waals surface area contributed by atoms with E-state index in [1.807, 2.05) is 25.2 Å².